The van der Waals surface area contributed by atoms with E-state index in [1.54, 1.807) is 36.4 Å². The van der Waals surface area contributed by atoms with Gasteiger partial charge in [-0.15, -0.1) is 0 Å². The van der Waals surface area contributed by atoms with Gasteiger partial charge in [0.2, 0.25) is 5.76 Å². The monoisotopic (exact) mass is 427 g/mol. The van der Waals surface area contributed by atoms with Crippen LogP contribution in [0.3, 0.4) is 0 Å². The molecule has 2 heterocycles. The van der Waals surface area contributed by atoms with E-state index in [4.69, 9.17) is 9.15 Å². The van der Waals surface area contributed by atoms with Crippen LogP contribution in [0.1, 0.15) is 32.2 Å². The van der Waals surface area contributed by atoms with Gasteiger partial charge >= 0.3 is 5.97 Å². The Morgan fingerprint density at radius 3 is 2.81 bits per heavy atom. The average molecular weight is 428 g/mol. The Balaban J connectivity index is 1.72. The minimum atomic E-state index is -0.633. The molecule has 0 fully saturated rings. The summed E-state index contributed by atoms with van der Waals surface area (Å²) in [6.45, 7) is 1.83. The summed E-state index contributed by atoms with van der Waals surface area (Å²) in [5.41, 5.74) is 4.10. The fraction of sp³-hybridized carbons (Fsp3) is 0.0526. The van der Waals surface area contributed by atoms with Crippen molar-refractivity contribution in [3.05, 3.63) is 82.0 Å². The van der Waals surface area contributed by atoms with Crippen molar-refractivity contribution < 1.29 is 18.7 Å². The van der Waals surface area contributed by atoms with Crippen LogP contribution in [0.15, 0.2) is 68.9 Å². The molecular weight excluding hydrogens is 414 g/mol. The first-order valence-corrected chi connectivity index (χ1v) is 8.63. The molecular formula is C19H14BrN3O4. The Labute approximate surface area is 163 Å². The number of rotatable bonds is 5. The highest BCUT2D eigenvalue weighted by atomic mass is 79.9. The fourth-order valence-electron chi connectivity index (χ4n) is 2.09. The Morgan fingerprint density at radius 1 is 1.26 bits per heavy atom. The first-order valence-electron chi connectivity index (χ1n) is 7.84. The lowest BCUT2D eigenvalue weighted by Gasteiger charge is -2.07. The molecule has 0 bridgehead atoms. The lowest BCUT2D eigenvalue weighted by Crippen LogP contribution is -2.18. The number of aromatic nitrogens is 1. The molecule has 0 saturated heterocycles. The van der Waals surface area contributed by atoms with Crippen molar-refractivity contribution in [2.24, 2.45) is 5.10 Å². The number of ether oxygens (including phenoxy) is 1. The molecule has 7 nitrogen and oxygen atoms in total. The molecule has 0 unspecified atom stereocenters. The van der Waals surface area contributed by atoms with Gasteiger partial charge < -0.3 is 9.15 Å². The van der Waals surface area contributed by atoms with Crippen molar-refractivity contribution in [2.75, 3.05) is 0 Å². The topological polar surface area (TPSA) is 93.8 Å². The Bertz CT molecular complexity index is 983. The minimum Gasteiger partial charge on any atom is -0.457 e. The van der Waals surface area contributed by atoms with Crippen molar-refractivity contribution in [1.29, 1.82) is 0 Å². The van der Waals surface area contributed by atoms with Gasteiger partial charge in [-0.05, 0) is 49.4 Å². The number of pyridine rings is 1. The van der Waals surface area contributed by atoms with Gasteiger partial charge in [-0.2, -0.15) is 5.10 Å². The molecule has 3 aromatic rings. The van der Waals surface area contributed by atoms with Gasteiger partial charge in [-0.3, -0.25) is 9.78 Å². The molecule has 0 atom stereocenters. The Kier molecular flexibility index (Phi) is 5.77. The van der Waals surface area contributed by atoms with Crippen LogP contribution in [0.25, 0.3) is 0 Å². The van der Waals surface area contributed by atoms with E-state index in [-0.39, 0.29) is 11.5 Å². The second-order valence-corrected chi connectivity index (χ2v) is 6.35. The first kappa shape index (κ1) is 18.5. The zero-order valence-electron chi connectivity index (χ0n) is 14.2. The number of aryl methyl sites for hydroxylation is 1. The van der Waals surface area contributed by atoms with Gasteiger partial charge in [0, 0.05) is 21.9 Å². The van der Waals surface area contributed by atoms with Crippen LogP contribution in [0, 0.1) is 6.92 Å². The molecule has 0 spiro atoms. The summed E-state index contributed by atoms with van der Waals surface area (Å²) >= 11 is 3.35. The summed E-state index contributed by atoms with van der Waals surface area (Å²) in [5, 5.41) is 3.92. The second kappa shape index (κ2) is 8.41. The summed E-state index contributed by atoms with van der Waals surface area (Å²) in [6, 6.07) is 11.5. The van der Waals surface area contributed by atoms with E-state index in [1.807, 2.05) is 6.92 Å². The molecule has 1 aromatic carbocycles. The highest BCUT2D eigenvalue weighted by Crippen LogP contribution is 2.23. The van der Waals surface area contributed by atoms with E-state index in [1.165, 1.54) is 24.7 Å². The smallest absolute Gasteiger partial charge is 0.379 e. The highest BCUT2D eigenvalue weighted by molar-refractivity contribution is 9.10. The standard InChI is InChI=1S/C19H14BrN3O4/c1-12-4-5-13(10-21-12)18(24)23-22-11-14-9-15(20)6-7-16(14)27-19(25)17-3-2-8-26-17/h2-11H,1H3,(H,23,24)/b22-11-. The van der Waals surface area contributed by atoms with E-state index in [2.05, 4.69) is 31.4 Å². The van der Waals surface area contributed by atoms with Crippen molar-refractivity contribution in [1.82, 2.24) is 10.4 Å². The number of nitrogens with zero attached hydrogens (tertiary/aromatic N) is 2. The predicted octanol–water partition coefficient (Wildman–Crippen LogP) is 3.73. The Morgan fingerprint density at radius 2 is 2.11 bits per heavy atom. The fourth-order valence-corrected chi connectivity index (χ4v) is 2.46. The largest absolute Gasteiger partial charge is 0.457 e. The number of hydrogen-bond donors (Lipinski definition) is 1. The lowest BCUT2D eigenvalue weighted by molar-refractivity contribution is 0.0700. The summed E-state index contributed by atoms with van der Waals surface area (Å²) in [5.74, 6) is -0.676. The lowest BCUT2D eigenvalue weighted by atomic mass is 10.2. The van der Waals surface area contributed by atoms with Gasteiger partial charge in [0.05, 0.1) is 18.0 Å². The van der Waals surface area contributed by atoms with Crippen molar-refractivity contribution in [2.45, 2.75) is 6.92 Å². The van der Waals surface area contributed by atoms with Crippen molar-refractivity contribution in [3.8, 4) is 5.75 Å². The predicted molar refractivity (Wildman–Crippen MR) is 102 cm³/mol. The molecule has 0 aliphatic rings. The van der Waals surface area contributed by atoms with E-state index in [0.717, 1.165) is 10.2 Å². The quantitative estimate of drug-likeness (QED) is 0.289. The zero-order valence-corrected chi connectivity index (χ0v) is 15.8. The third kappa shape index (κ3) is 4.89. The van der Waals surface area contributed by atoms with Gasteiger partial charge in [0.25, 0.3) is 5.91 Å². The maximum Gasteiger partial charge on any atom is 0.379 e. The van der Waals surface area contributed by atoms with Crippen LogP contribution in [0.5, 0.6) is 5.75 Å². The van der Waals surface area contributed by atoms with Gasteiger partial charge in [-0.25, -0.2) is 10.2 Å². The Hall–Kier alpha value is -3.26. The van der Waals surface area contributed by atoms with E-state index in [9.17, 15) is 9.59 Å². The van der Waals surface area contributed by atoms with Crippen LogP contribution < -0.4 is 10.2 Å². The van der Waals surface area contributed by atoms with Crippen molar-refractivity contribution >= 4 is 34.0 Å². The molecule has 0 aliphatic carbocycles. The molecule has 136 valence electrons. The number of hydrazone groups is 1. The number of amides is 1. The normalized spacial score (nSPS) is 10.7. The van der Waals surface area contributed by atoms with Gasteiger partial charge in [0.15, 0.2) is 0 Å². The molecule has 1 amide bonds. The SMILES string of the molecule is Cc1ccc(C(=O)N/N=C\c2cc(Br)ccc2OC(=O)c2ccco2)cn1. The van der Waals surface area contributed by atoms with E-state index in [0.29, 0.717) is 11.1 Å². The molecule has 0 saturated carbocycles. The third-order valence-corrected chi connectivity index (χ3v) is 3.93. The molecule has 0 aliphatic heterocycles. The minimum absolute atomic E-state index is 0.0842. The number of carbonyl (C=O) groups is 2. The third-order valence-electron chi connectivity index (χ3n) is 3.44. The van der Waals surface area contributed by atoms with Crippen LogP contribution in [-0.4, -0.2) is 23.1 Å². The molecule has 8 heteroatoms. The maximum atomic E-state index is 12.1. The number of nitrogens with one attached hydrogen (secondary N) is 1. The highest BCUT2D eigenvalue weighted by Gasteiger charge is 2.14. The van der Waals surface area contributed by atoms with Gasteiger partial charge in [0.1, 0.15) is 5.75 Å². The number of hydrogen-bond acceptors (Lipinski definition) is 6. The number of carbonyl (C=O) groups excluding carboxylic acids is 2. The molecule has 27 heavy (non-hydrogen) atoms. The summed E-state index contributed by atoms with van der Waals surface area (Å²) in [4.78, 5) is 28.2. The van der Waals surface area contributed by atoms with Gasteiger partial charge in [-0.1, -0.05) is 15.9 Å². The summed E-state index contributed by atoms with van der Waals surface area (Å²) < 4.78 is 11.1. The summed E-state index contributed by atoms with van der Waals surface area (Å²) in [7, 11) is 0. The van der Waals surface area contributed by atoms with E-state index < -0.39 is 11.9 Å². The number of esters is 1. The zero-order chi connectivity index (χ0) is 19.2. The molecule has 1 N–H and O–H groups in total. The van der Waals surface area contributed by atoms with E-state index >= 15 is 0 Å². The van der Waals surface area contributed by atoms with Crippen LogP contribution in [-0.2, 0) is 0 Å². The number of furan rings is 1. The summed E-state index contributed by atoms with van der Waals surface area (Å²) in [6.07, 6.45) is 4.24. The van der Waals surface area contributed by atoms with Crippen molar-refractivity contribution in [3.63, 3.8) is 0 Å². The number of benzene rings is 1. The molecule has 0 radical (unpaired) electrons. The second-order valence-electron chi connectivity index (χ2n) is 5.44. The van der Waals surface area contributed by atoms with Crippen LogP contribution in [0.2, 0.25) is 0 Å². The number of halogens is 1. The first-order chi connectivity index (χ1) is 13.0. The average Bonchev–Trinajstić information content (AvgIpc) is 3.19. The molecule has 2 aromatic heterocycles. The van der Waals surface area contributed by atoms with Crippen LogP contribution >= 0.6 is 15.9 Å². The van der Waals surface area contributed by atoms with Crippen LogP contribution in [0.4, 0.5) is 0 Å². The maximum absolute atomic E-state index is 12.1. The molecule has 3 rings (SSSR count).